The standard InChI is InChI=1S/C10H10ClNO4/c1-5-3-4-7(12(15)16)9(11)8(5)6(2)10(13)14/h3-4,6H,1-2H3,(H,13,14). The Morgan fingerprint density at radius 3 is 2.56 bits per heavy atom. The van der Waals surface area contributed by atoms with Gasteiger partial charge in [0.15, 0.2) is 0 Å². The summed E-state index contributed by atoms with van der Waals surface area (Å²) in [5.41, 5.74) is 0.657. The summed E-state index contributed by atoms with van der Waals surface area (Å²) in [5.74, 6) is -1.93. The number of hydrogen-bond acceptors (Lipinski definition) is 3. The minimum atomic E-state index is -1.06. The summed E-state index contributed by atoms with van der Waals surface area (Å²) >= 11 is 5.84. The summed E-state index contributed by atoms with van der Waals surface area (Å²) in [6.45, 7) is 3.12. The Morgan fingerprint density at radius 1 is 1.56 bits per heavy atom. The molecule has 0 aliphatic heterocycles. The van der Waals surface area contributed by atoms with Crippen LogP contribution in [0.25, 0.3) is 0 Å². The van der Waals surface area contributed by atoms with E-state index in [4.69, 9.17) is 16.7 Å². The van der Waals surface area contributed by atoms with Crippen molar-refractivity contribution in [3.63, 3.8) is 0 Å². The van der Waals surface area contributed by atoms with E-state index in [2.05, 4.69) is 0 Å². The summed E-state index contributed by atoms with van der Waals surface area (Å²) in [7, 11) is 0. The van der Waals surface area contributed by atoms with Crippen LogP contribution in [-0.4, -0.2) is 16.0 Å². The number of aryl methyl sites for hydroxylation is 1. The summed E-state index contributed by atoms with van der Waals surface area (Å²) in [5, 5.41) is 19.4. The van der Waals surface area contributed by atoms with Crippen LogP contribution in [0, 0.1) is 17.0 Å². The third-order valence-corrected chi connectivity index (χ3v) is 2.77. The number of carboxylic acid groups (broad SMARTS) is 1. The lowest BCUT2D eigenvalue weighted by Crippen LogP contribution is -2.10. The Kier molecular flexibility index (Phi) is 3.49. The van der Waals surface area contributed by atoms with Crippen molar-refractivity contribution in [2.24, 2.45) is 0 Å². The maximum Gasteiger partial charge on any atom is 0.310 e. The fourth-order valence-corrected chi connectivity index (χ4v) is 1.92. The molecule has 5 nitrogen and oxygen atoms in total. The molecule has 1 aromatic carbocycles. The number of halogens is 1. The molecule has 0 saturated carbocycles. The molecule has 6 heteroatoms. The minimum Gasteiger partial charge on any atom is -0.481 e. The van der Waals surface area contributed by atoms with E-state index in [1.807, 2.05) is 0 Å². The molecule has 0 bridgehead atoms. The molecule has 1 aromatic rings. The van der Waals surface area contributed by atoms with Crippen LogP contribution in [0.5, 0.6) is 0 Å². The Labute approximate surface area is 96.8 Å². The highest BCUT2D eigenvalue weighted by atomic mass is 35.5. The van der Waals surface area contributed by atoms with Crippen molar-refractivity contribution in [3.05, 3.63) is 38.4 Å². The molecule has 86 valence electrons. The van der Waals surface area contributed by atoms with E-state index >= 15 is 0 Å². The molecule has 1 N–H and O–H groups in total. The molecule has 1 atom stereocenters. The van der Waals surface area contributed by atoms with Crippen LogP contribution in [0.2, 0.25) is 5.02 Å². The second kappa shape index (κ2) is 4.49. The summed E-state index contributed by atoms with van der Waals surface area (Å²) < 4.78 is 0. The first-order valence-electron chi connectivity index (χ1n) is 4.52. The fraction of sp³-hybridized carbons (Fsp3) is 0.300. The Morgan fingerprint density at radius 2 is 2.12 bits per heavy atom. The van der Waals surface area contributed by atoms with Gasteiger partial charge in [-0.05, 0) is 25.0 Å². The van der Waals surface area contributed by atoms with Crippen molar-refractivity contribution in [1.82, 2.24) is 0 Å². The zero-order valence-corrected chi connectivity index (χ0v) is 9.49. The van der Waals surface area contributed by atoms with Crippen molar-refractivity contribution in [1.29, 1.82) is 0 Å². The lowest BCUT2D eigenvalue weighted by atomic mass is 9.96. The van der Waals surface area contributed by atoms with Crippen LogP contribution in [-0.2, 0) is 4.79 Å². The van der Waals surface area contributed by atoms with Gasteiger partial charge in [0.25, 0.3) is 5.69 Å². The van der Waals surface area contributed by atoms with Crippen LogP contribution in [0.15, 0.2) is 12.1 Å². The average Bonchev–Trinajstić information content (AvgIpc) is 2.16. The summed E-state index contributed by atoms with van der Waals surface area (Å²) in [4.78, 5) is 20.9. The number of carbonyl (C=O) groups is 1. The number of nitrogens with zero attached hydrogens (tertiary/aromatic N) is 1. The van der Waals surface area contributed by atoms with E-state index in [0.717, 1.165) is 0 Å². The molecule has 0 aliphatic rings. The van der Waals surface area contributed by atoms with Gasteiger partial charge in [-0.15, -0.1) is 0 Å². The minimum absolute atomic E-state index is 0.0973. The van der Waals surface area contributed by atoms with Crippen LogP contribution in [0.3, 0.4) is 0 Å². The van der Waals surface area contributed by atoms with E-state index in [-0.39, 0.29) is 10.7 Å². The van der Waals surface area contributed by atoms with E-state index in [0.29, 0.717) is 11.1 Å². The van der Waals surface area contributed by atoms with Gasteiger partial charge in [0.2, 0.25) is 0 Å². The highest BCUT2D eigenvalue weighted by Gasteiger charge is 2.25. The lowest BCUT2D eigenvalue weighted by Gasteiger charge is -2.12. The molecule has 0 aromatic heterocycles. The third-order valence-electron chi connectivity index (χ3n) is 2.38. The lowest BCUT2D eigenvalue weighted by molar-refractivity contribution is -0.384. The molecule has 0 saturated heterocycles. The topological polar surface area (TPSA) is 80.4 Å². The second-order valence-electron chi connectivity index (χ2n) is 3.45. The van der Waals surface area contributed by atoms with Crippen molar-refractivity contribution in [3.8, 4) is 0 Å². The molecule has 0 spiro atoms. The van der Waals surface area contributed by atoms with Crippen molar-refractivity contribution >= 4 is 23.3 Å². The van der Waals surface area contributed by atoms with Crippen LogP contribution >= 0.6 is 11.6 Å². The van der Waals surface area contributed by atoms with Gasteiger partial charge < -0.3 is 5.11 Å². The predicted octanol–water partition coefficient (Wildman–Crippen LogP) is 2.74. The molecule has 1 rings (SSSR count). The predicted molar refractivity (Wildman–Crippen MR) is 58.9 cm³/mol. The smallest absolute Gasteiger partial charge is 0.310 e. The largest absolute Gasteiger partial charge is 0.481 e. The molecule has 1 unspecified atom stereocenters. The van der Waals surface area contributed by atoms with Gasteiger partial charge in [0.05, 0.1) is 10.8 Å². The van der Waals surface area contributed by atoms with E-state index in [1.165, 1.54) is 19.1 Å². The van der Waals surface area contributed by atoms with E-state index < -0.39 is 16.8 Å². The van der Waals surface area contributed by atoms with Gasteiger partial charge in [0, 0.05) is 6.07 Å². The SMILES string of the molecule is Cc1ccc([N+](=O)[O-])c(Cl)c1C(C)C(=O)O. The maximum absolute atomic E-state index is 10.9. The number of carboxylic acids is 1. The molecule has 0 aliphatic carbocycles. The van der Waals surface area contributed by atoms with Gasteiger partial charge in [-0.25, -0.2) is 0 Å². The van der Waals surface area contributed by atoms with Crippen molar-refractivity contribution in [2.45, 2.75) is 19.8 Å². The zero-order chi connectivity index (χ0) is 12.5. The van der Waals surface area contributed by atoms with Crippen LogP contribution in [0.4, 0.5) is 5.69 Å². The van der Waals surface area contributed by atoms with Gasteiger partial charge in [-0.3, -0.25) is 14.9 Å². The van der Waals surface area contributed by atoms with Crippen LogP contribution < -0.4 is 0 Å². The summed E-state index contributed by atoms with van der Waals surface area (Å²) in [6.07, 6.45) is 0. The van der Waals surface area contributed by atoms with Gasteiger partial charge in [-0.1, -0.05) is 17.7 Å². The van der Waals surface area contributed by atoms with Crippen molar-refractivity contribution in [2.75, 3.05) is 0 Å². The first-order valence-corrected chi connectivity index (χ1v) is 4.90. The Bertz CT molecular complexity index is 458. The number of rotatable bonds is 3. The average molecular weight is 244 g/mol. The van der Waals surface area contributed by atoms with E-state index in [9.17, 15) is 14.9 Å². The molecule has 0 heterocycles. The van der Waals surface area contributed by atoms with Gasteiger partial charge >= 0.3 is 5.97 Å². The number of nitro groups is 1. The maximum atomic E-state index is 10.9. The normalized spacial score (nSPS) is 12.2. The zero-order valence-electron chi connectivity index (χ0n) is 8.73. The first-order chi connectivity index (χ1) is 7.36. The Balaban J connectivity index is 3.43. The van der Waals surface area contributed by atoms with Crippen molar-refractivity contribution < 1.29 is 14.8 Å². The number of aliphatic carboxylic acids is 1. The highest BCUT2D eigenvalue weighted by molar-refractivity contribution is 6.33. The molecular weight excluding hydrogens is 234 g/mol. The first kappa shape index (κ1) is 12.4. The molecule has 0 radical (unpaired) electrons. The quantitative estimate of drug-likeness (QED) is 0.654. The Hall–Kier alpha value is -1.62. The fourth-order valence-electron chi connectivity index (χ4n) is 1.47. The molecule has 0 fully saturated rings. The van der Waals surface area contributed by atoms with Gasteiger partial charge in [-0.2, -0.15) is 0 Å². The molecule has 16 heavy (non-hydrogen) atoms. The number of hydrogen-bond donors (Lipinski definition) is 1. The second-order valence-corrected chi connectivity index (χ2v) is 3.82. The molecular formula is C10H10ClNO4. The molecule has 0 amide bonds. The van der Waals surface area contributed by atoms with Gasteiger partial charge in [0.1, 0.15) is 5.02 Å². The summed E-state index contributed by atoms with van der Waals surface area (Å²) in [6, 6.07) is 2.77. The van der Waals surface area contributed by atoms with Crippen LogP contribution in [0.1, 0.15) is 24.0 Å². The number of benzene rings is 1. The number of nitro benzene ring substituents is 1. The van der Waals surface area contributed by atoms with E-state index in [1.54, 1.807) is 6.92 Å². The monoisotopic (exact) mass is 243 g/mol. The third kappa shape index (κ3) is 2.14. The highest BCUT2D eigenvalue weighted by Crippen LogP contribution is 2.35.